The van der Waals surface area contributed by atoms with Crippen molar-refractivity contribution in [1.82, 2.24) is 5.32 Å². The summed E-state index contributed by atoms with van der Waals surface area (Å²) in [5, 5.41) is 3.22. The van der Waals surface area contributed by atoms with Gasteiger partial charge in [-0.1, -0.05) is 143 Å². The minimum atomic E-state index is -0.521. The monoisotopic (exact) mass is 441 g/mol. The van der Waals surface area contributed by atoms with Crippen LogP contribution >= 0.6 is 0 Å². The molecule has 0 radical (unpaired) electrons. The van der Waals surface area contributed by atoms with E-state index in [2.05, 4.69) is 85.0 Å². The van der Waals surface area contributed by atoms with Crippen LogP contribution in [0, 0.1) is 0 Å². The van der Waals surface area contributed by atoms with Crippen LogP contribution in [0.2, 0.25) is 0 Å². The van der Waals surface area contributed by atoms with Gasteiger partial charge in [0.1, 0.15) is 0 Å². The molecule has 3 aromatic rings. The second-order valence-corrected chi connectivity index (χ2v) is 9.01. The number of carbonyl (C=O) groups is 1. The van der Waals surface area contributed by atoms with E-state index >= 15 is 0 Å². The maximum atomic E-state index is 13.3. The molecule has 0 unspecified atom stereocenters. The summed E-state index contributed by atoms with van der Waals surface area (Å²) in [7, 11) is 0. The number of benzene rings is 3. The number of unbranched alkanes of at least 4 members (excludes halogenated alkanes) is 7. The second kappa shape index (κ2) is 13.6. The third-order valence-corrected chi connectivity index (χ3v) is 6.58. The summed E-state index contributed by atoms with van der Waals surface area (Å²) in [6.45, 7) is 3.01. The lowest BCUT2D eigenvalue weighted by atomic mass is 9.67. The zero-order valence-electron chi connectivity index (χ0n) is 20.1. The molecule has 0 saturated heterocycles. The first kappa shape index (κ1) is 24.8. The van der Waals surface area contributed by atoms with Gasteiger partial charge < -0.3 is 5.32 Å². The Hall–Kier alpha value is -2.87. The van der Waals surface area contributed by atoms with E-state index in [0.717, 1.165) is 29.7 Å². The Balaban J connectivity index is 1.71. The minimum Gasteiger partial charge on any atom is -0.356 e. The Bertz CT molecular complexity index is 824. The standard InChI is InChI=1S/C31H39NO/c1-2-3-4-5-6-7-8-18-25-32-30(33)26-31(27-19-12-9-13-20-27,28-21-14-10-15-22-28)29-23-16-11-17-24-29/h9-17,19-24H,2-8,18,25-26H2,1H3,(H,32,33). The molecule has 0 bridgehead atoms. The van der Waals surface area contributed by atoms with Gasteiger partial charge in [0.25, 0.3) is 0 Å². The van der Waals surface area contributed by atoms with Crippen molar-refractivity contribution < 1.29 is 4.79 Å². The number of carbonyl (C=O) groups excluding carboxylic acids is 1. The molecule has 3 rings (SSSR count). The largest absolute Gasteiger partial charge is 0.356 e. The van der Waals surface area contributed by atoms with Gasteiger partial charge in [-0.25, -0.2) is 0 Å². The van der Waals surface area contributed by atoms with E-state index in [-0.39, 0.29) is 5.91 Å². The molecule has 33 heavy (non-hydrogen) atoms. The summed E-state index contributed by atoms with van der Waals surface area (Å²) >= 11 is 0. The second-order valence-electron chi connectivity index (χ2n) is 9.01. The predicted molar refractivity (Wildman–Crippen MR) is 139 cm³/mol. The summed E-state index contributed by atoms with van der Waals surface area (Å²) in [6, 6.07) is 31.4. The lowest BCUT2D eigenvalue weighted by molar-refractivity contribution is -0.121. The number of amides is 1. The third kappa shape index (κ3) is 7.05. The molecule has 0 atom stereocenters. The summed E-state index contributed by atoms with van der Waals surface area (Å²) in [4.78, 5) is 13.3. The van der Waals surface area contributed by atoms with E-state index in [4.69, 9.17) is 0 Å². The molecular formula is C31H39NO. The van der Waals surface area contributed by atoms with Crippen LogP contribution in [0.4, 0.5) is 0 Å². The molecule has 0 aliphatic rings. The first-order valence-electron chi connectivity index (χ1n) is 12.7. The van der Waals surface area contributed by atoms with E-state index in [1.54, 1.807) is 0 Å². The van der Waals surface area contributed by atoms with Gasteiger partial charge in [-0.2, -0.15) is 0 Å². The Morgan fingerprint density at radius 3 is 1.42 bits per heavy atom. The van der Waals surface area contributed by atoms with E-state index in [9.17, 15) is 4.79 Å². The Labute approximate surface area is 200 Å². The Morgan fingerprint density at radius 1 is 0.606 bits per heavy atom. The smallest absolute Gasteiger partial charge is 0.221 e. The van der Waals surface area contributed by atoms with Gasteiger partial charge in [0.15, 0.2) is 0 Å². The van der Waals surface area contributed by atoms with Gasteiger partial charge in [0.2, 0.25) is 5.91 Å². The summed E-state index contributed by atoms with van der Waals surface area (Å²) in [6.07, 6.45) is 10.5. The molecule has 0 aromatic heterocycles. The molecule has 0 aliphatic carbocycles. The molecule has 0 heterocycles. The highest BCUT2D eigenvalue weighted by atomic mass is 16.1. The van der Waals surface area contributed by atoms with E-state index < -0.39 is 5.41 Å². The van der Waals surface area contributed by atoms with Crippen LogP contribution in [0.15, 0.2) is 91.0 Å². The van der Waals surface area contributed by atoms with E-state index in [1.165, 1.54) is 44.9 Å². The van der Waals surface area contributed by atoms with Crippen LogP contribution in [-0.2, 0) is 10.2 Å². The van der Waals surface area contributed by atoms with Gasteiger partial charge in [-0.15, -0.1) is 0 Å². The zero-order chi connectivity index (χ0) is 23.2. The molecule has 3 aromatic carbocycles. The molecule has 2 nitrogen and oxygen atoms in total. The van der Waals surface area contributed by atoms with Crippen LogP contribution in [0.5, 0.6) is 0 Å². The molecule has 1 N–H and O–H groups in total. The highest BCUT2D eigenvalue weighted by Gasteiger charge is 2.38. The van der Waals surface area contributed by atoms with Crippen molar-refractivity contribution >= 4 is 5.91 Å². The molecule has 0 fully saturated rings. The Morgan fingerprint density at radius 2 is 1.00 bits per heavy atom. The maximum Gasteiger partial charge on any atom is 0.221 e. The fourth-order valence-corrected chi connectivity index (χ4v) is 4.76. The summed E-state index contributed by atoms with van der Waals surface area (Å²) in [5.41, 5.74) is 2.91. The SMILES string of the molecule is CCCCCCCCCCNC(=O)CC(c1ccccc1)(c1ccccc1)c1ccccc1. The number of rotatable bonds is 14. The predicted octanol–water partition coefficient (Wildman–Crippen LogP) is 7.67. The van der Waals surface area contributed by atoms with Crippen LogP contribution < -0.4 is 5.32 Å². The molecule has 0 saturated carbocycles. The highest BCUT2D eigenvalue weighted by molar-refractivity contribution is 5.80. The lowest BCUT2D eigenvalue weighted by Gasteiger charge is -2.35. The fourth-order valence-electron chi connectivity index (χ4n) is 4.76. The number of nitrogens with one attached hydrogen (secondary N) is 1. The summed E-state index contributed by atoms with van der Waals surface area (Å²) in [5.74, 6) is 0.106. The van der Waals surface area contributed by atoms with Crippen LogP contribution in [0.25, 0.3) is 0 Å². The lowest BCUT2D eigenvalue weighted by Crippen LogP contribution is -2.37. The molecule has 0 aliphatic heterocycles. The molecule has 1 amide bonds. The average molecular weight is 442 g/mol. The molecular weight excluding hydrogens is 402 g/mol. The van der Waals surface area contributed by atoms with E-state index in [1.807, 2.05) is 18.2 Å². The van der Waals surface area contributed by atoms with Crippen LogP contribution in [0.3, 0.4) is 0 Å². The topological polar surface area (TPSA) is 29.1 Å². The van der Waals surface area contributed by atoms with Gasteiger partial charge in [0.05, 0.1) is 5.41 Å². The van der Waals surface area contributed by atoms with Crippen LogP contribution in [-0.4, -0.2) is 12.5 Å². The van der Waals surface area contributed by atoms with Gasteiger partial charge in [0, 0.05) is 13.0 Å². The first-order valence-corrected chi connectivity index (χ1v) is 12.7. The third-order valence-electron chi connectivity index (χ3n) is 6.58. The van der Waals surface area contributed by atoms with Gasteiger partial charge in [-0.3, -0.25) is 4.79 Å². The normalized spacial score (nSPS) is 11.3. The number of hydrogen-bond acceptors (Lipinski definition) is 1. The fraction of sp³-hybridized carbons (Fsp3) is 0.387. The number of hydrogen-bond donors (Lipinski definition) is 1. The van der Waals surface area contributed by atoms with Crippen molar-refractivity contribution in [2.45, 2.75) is 70.1 Å². The van der Waals surface area contributed by atoms with E-state index in [0.29, 0.717) is 6.42 Å². The molecule has 174 valence electrons. The van der Waals surface area contributed by atoms with Crippen molar-refractivity contribution in [3.8, 4) is 0 Å². The Kier molecular flexibility index (Phi) is 10.2. The molecule has 2 heteroatoms. The van der Waals surface area contributed by atoms with Gasteiger partial charge >= 0.3 is 0 Å². The van der Waals surface area contributed by atoms with Crippen molar-refractivity contribution in [1.29, 1.82) is 0 Å². The van der Waals surface area contributed by atoms with Crippen molar-refractivity contribution in [3.05, 3.63) is 108 Å². The summed E-state index contributed by atoms with van der Waals surface area (Å²) < 4.78 is 0. The quantitative estimate of drug-likeness (QED) is 0.202. The molecule has 0 spiro atoms. The minimum absolute atomic E-state index is 0.106. The zero-order valence-corrected chi connectivity index (χ0v) is 20.1. The average Bonchev–Trinajstić information content (AvgIpc) is 2.88. The maximum absolute atomic E-state index is 13.3. The highest BCUT2D eigenvalue weighted by Crippen LogP contribution is 2.42. The van der Waals surface area contributed by atoms with Gasteiger partial charge in [-0.05, 0) is 23.1 Å². The van der Waals surface area contributed by atoms with Crippen LogP contribution in [0.1, 0.15) is 81.4 Å². The first-order chi connectivity index (χ1) is 16.3. The van der Waals surface area contributed by atoms with Crippen molar-refractivity contribution in [2.24, 2.45) is 0 Å². The van der Waals surface area contributed by atoms with Crippen molar-refractivity contribution in [2.75, 3.05) is 6.54 Å². The van der Waals surface area contributed by atoms with Crippen molar-refractivity contribution in [3.63, 3.8) is 0 Å².